The van der Waals surface area contributed by atoms with Crippen LogP contribution < -0.4 is 15.6 Å². The van der Waals surface area contributed by atoms with Crippen LogP contribution in [0.25, 0.3) is 10.6 Å². The van der Waals surface area contributed by atoms with Gasteiger partial charge in [0.05, 0.1) is 43.2 Å². The van der Waals surface area contributed by atoms with Gasteiger partial charge in [0.2, 0.25) is 5.95 Å². The van der Waals surface area contributed by atoms with Crippen molar-refractivity contribution in [1.29, 1.82) is 0 Å². The fraction of sp³-hybridized carbons (Fsp3) is 0.174. The molecule has 1 aromatic carbocycles. The van der Waals surface area contributed by atoms with Gasteiger partial charge in [-0.3, -0.25) is 4.98 Å². The van der Waals surface area contributed by atoms with Crippen LogP contribution in [0.1, 0.15) is 5.69 Å². The molecule has 0 saturated carbocycles. The summed E-state index contributed by atoms with van der Waals surface area (Å²) in [6.07, 6.45) is 6.21. The summed E-state index contributed by atoms with van der Waals surface area (Å²) in [5.41, 5.74) is 6.23. The van der Waals surface area contributed by atoms with Crippen LogP contribution in [0.3, 0.4) is 0 Å². The lowest BCUT2D eigenvalue weighted by Gasteiger charge is -2.27. The first kappa shape index (κ1) is 21.9. The summed E-state index contributed by atoms with van der Waals surface area (Å²) in [6.45, 7) is 2.24. The number of morpholine rings is 1. The molecule has 0 aliphatic carbocycles. The van der Waals surface area contributed by atoms with Crippen molar-refractivity contribution in [3.05, 3.63) is 71.9 Å². The van der Waals surface area contributed by atoms with Crippen LogP contribution >= 0.6 is 11.3 Å². The minimum Gasteiger partial charge on any atom is -0.378 e. The van der Waals surface area contributed by atoms with Gasteiger partial charge in [0, 0.05) is 35.9 Å². The molecule has 2 N–H and O–H groups in total. The van der Waals surface area contributed by atoms with Gasteiger partial charge in [-0.1, -0.05) is 12.1 Å². The van der Waals surface area contributed by atoms with E-state index >= 15 is 0 Å². The molecular formula is C23H21FN8OS. The van der Waals surface area contributed by atoms with Gasteiger partial charge in [-0.25, -0.2) is 19.8 Å². The van der Waals surface area contributed by atoms with Gasteiger partial charge in [-0.05, 0) is 24.3 Å². The molecule has 0 amide bonds. The van der Waals surface area contributed by atoms with Crippen LogP contribution in [0.15, 0.2) is 65.5 Å². The number of halogens is 1. The van der Waals surface area contributed by atoms with E-state index in [0.717, 1.165) is 28.1 Å². The molecule has 172 valence electrons. The molecule has 0 unspecified atom stereocenters. The predicted octanol–water partition coefficient (Wildman–Crippen LogP) is 4.16. The van der Waals surface area contributed by atoms with Gasteiger partial charge < -0.3 is 15.0 Å². The molecule has 1 saturated heterocycles. The van der Waals surface area contributed by atoms with Crippen LogP contribution in [-0.2, 0) is 4.74 Å². The number of hydrogen-bond donors (Lipinski definition) is 2. The molecular weight excluding hydrogens is 455 g/mol. The highest BCUT2D eigenvalue weighted by Crippen LogP contribution is 2.26. The minimum atomic E-state index is -0.474. The average Bonchev–Trinajstić information content (AvgIpc) is 3.42. The normalized spacial score (nSPS) is 13.9. The van der Waals surface area contributed by atoms with Gasteiger partial charge in [-0.2, -0.15) is 10.1 Å². The van der Waals surface area contributed by atoms with E-state index in [1.165, 1.54) is 0 Å². The summed E-state index contributed by atoms with van der Waals surface area (Å²) in [4.78, 5) is 18.8. The van der Waals surface area contributed by atoms with Crippen molar-refractivity contribution in [3.63, 3.8) is 0 Å². The van der Waals surface area contributed by atoms with Crippen LogP contribution in [-0.4, -0.2) is 52.5 Å². The number of nitrogens with zero attached hydrogens (tertiary/aromatic N) is 6. The Morgan fingerprint density at radius 2 is 1.97 bits per heavy atom. The van der Waals surface area contributed by atoms with Gasteiger partial charge in [0.15, 0.2) is 11.6 Å². The summed E-state index contributed by atoms with van der Waals surface area (Å²) in [6, 6.07) is 11.8. The van der Waals surface area contributed by atoms with Crippen LogP contribution in [0.5, 0.6) is 0 Å². The first-order chi connectivity index (χ1) is 16.7. The van der Waals surface area contributed by atoms with Crippen molar-refractivity contribution in [2.45, 2.75) is 0 Å². The Bertz CT molecular complexity index is 1260. The number of ether oxygens (including phenoxy) is 1. The molecule has 4 heterocycles. The monoisotopic (exact) mass is 476 g/mol. The second-order valence-electron chi connectivity index (χ2n) is 7.35. The lowest BCUT2D eigenvalue weighted by Crippen LogP contribution is -2.37. The molecule has 4 aromatic rings. The van der Waals surface area contributed by atoms with E-state index in [1.807, 2.05) is 46.7 Å². The van der Waals surface area contributed by atoms with Crippen molar-refractivity contribution in [2.75, 3.05) is 41.9 Å². The second-order valence-corrected chi connectivity index (χ2v) is 8.24. The molecule has 0 bridgehead atoms. The number of benzene rings is 1. The van der Waals surface area contributed by atoms with E-state index in [-0.39, 0.29) is 11.8 Å². The maximum atomic E-state index is 14.1. The van der Waals surface area contributed by atoms with Gasteiger partial charge in [-0.15, -0.1) is 11.3 Å². The fourth-order valence-electron chi connectivity index (χ4n) is 3.38. The molecule has 1 fully saturated rings. The maximum absolute atomic E-state index is 14.1. The quantitative estimate of drug-likeness (QED) is 0.303. The summed E-state index contributed by atoms with van der Waals surface area (Å²) in [5.74, 6) is -0.0283. The number of pyridine rings is 1. The molecule has 3 aromatic heterocycles. The third kappa shape index (κ3) is 5.33. The average molecular weight is 477 g/mol. The number of thiazole rings is 1. The van der Waals surface area contributed by atoms with Gasteiger partial charge in [0.25, 0.3) is 0 Å². The van der Waals surface area contributed by atoms with E-state index in [9.17, 15) is 4.39 Å². The molecule has 34 heavy (non-hydrogen) atoms. The van der Waals surface area contributed by atoms with Crippen molar-refractivity contribution < 1.29 is 9.13 Å². The molecule has 5 rings (SSSR count). The van der Waals surface area contributed by atoms with Crippen molar-refractivity contribution in [3.8, 4) is 10.6 Å². The van der Waals surface area contributed by atoms with Crippen molar-refractivity contribution in [2.24, 2.45) is 5.10 Å². The lowest BCUT2D eigenvalue weighted by molar-refractivity contribution is 0.122. The number of anilines is 4. The summed E-state index contributed by atoms with van der Waals surface area (Å²) in [5, 5.41) is 10.4. The Balaban J connectivity index is 1.20. The van der Waals surface area contributed by atoms with Crippen LogP contribution in [0, 0.1) is 5.82 Å². The SMILES string of the molecule is Fc1cnc(N/N=C/c2ccc(Nc3cccc(-c4nccs4)c3)cn2)nc1N1CCOCC1. The van der Waals surface area contributed by atoms with E-state index in [1.54, 1.807) is 29.9 Å². The zero-order chi connectivity index (χ0) is 23.2. The largest absolute Gasteiger partial charge is 0.378 e. The standard InChI is InChI=1S/C23H21FN8OS/c24-20-15-27-23(30-21(20)32-7-9-33-10-8-32)31-28-14-18-4-5-19(13-26-18)29-17-3-1-2-16(12-17)22-25-6-11-34-22/h1-6,11-15,29H,7-10H2,(H,27,30,31)/b28-14+. The molecule has 11 heteroatoms. The highest BCUT2D eigenvalue weighted by molar-refractivity contribution is 7.13. The summed E-state index contributed by atoms with van der Waals surface area (Å²) >= 11 is 1.60. The van der Waals surface area contributed by atoms with Gasteiger partial charge >= 0.3 is 0 Å². The smallest absolute Gasteiger partial charge is 0.245 e. The number of hydrogen-bond acceptors (Lipinski definition) is 10. The molecule has 0 radical (unpaired) electrons. The van der Waals surface area contributed by atoms with E-state index in [2.05, 4.69) is 35.8 Å². The Morgan fingerprint density at radius 1 is 1.06 bits per heavy atom. The zero-order valence-electron chi connectivity index (χ0n) is 18.1. The first-order valence-corrected chi connectivity index (χ1v) is 11.5. The van der Waals surface area contributed by atoms with Gasteiger partial charge in [0.1, 0.15) is 5.01 Å². The van der Waals surface area contributed by atoms with Crippen LogP contribution in [0.4, 0.5) is 27.5 Å². The zero-order valence-corrected chi connectivity index (χ0v) is 18.9. The predicted molar refractivity (Wildman–Crippen MR) is 131 cm³/mol. The third-order valence-electron chi connectivity index (χ3n) is 5.01. The number of rotatable bonds is 7. The van der Waals surface area contributed by atoms with E-state index in [4.69, 9.17) is 4.74 Å². The molecule has 1 aliphatic rings. The molecule has 0 spiro atoms. The van der Waals surface area contributed by atoms with Crippen molar-refractivity contribution in [1.82, 2.24) is 19.9 Å². The summed E-state index contributed by atoms with van der Waals surface area (Å²) < 4.78 is 19.4. The minimum absolute atomic E-state index is 0.206. The second kappa shape index (κ2) is 10.3. The van der Waals surface area contributed by atoms with E-state index in [0.29, 0.717) is 32.0 Å². The Morgan fingerprint density at radius 3 is 2.76 bits per heavy atom. The third-order valence-corrected chi connectivity index (χ3v) is 5.84. The highest BCUT2D eigenvalue weighted by Gasteiger charge is 2.17. The first-order valence-electron chi connectivity index (χ1n) is 10.6. The molecule has 9 nitrogen and oxygen atoms in total. The summed E-state index contributed by atoms with van der Waals surface area (Å²) in [7, 11) is 0. The number of nitrogens with one attached hydrogen (secondary N) is 2. The maximum Gasteiger partial charge on any atom is 0.245 e. The molecule has 1 aliphatic heterocycles. The van der Waals surface area contributed by atoms with Crippen molar-refractivity contribution >= 4 is 40.7 Å². The highest BCUT2D eigenvalue weighted by atomic mass is 32.1. The topological polar surface area (TPSA) is 100 Å². The number of aromatic nitrogens is 4. The fourth-order valence-corrected chi connectivity index (χ4v) is 4.02. The molecule has 0 atom stereocenters. The Kier molecular flexibility index (Phi) is 6.64. The van der Waals surface area contributed by atoms with E-state index < -0.39 is 5.82 Å². The number of hydrazone groups is 1. The lowest BCUT2D eigenvalue weighted by atomic mass is 10.2. The Hall–Kier alpha value is -3.96. The van der Waals surface area contributed by atoms with Crippen LogP contribution in [0.2, 0.25) is 0 Å². The Labute approximate surface area is 199 Å².